The average Bonchev–Trinajstić information content (AvgIpc) is 2.83. The molecule has 0 bridgehead atoms. The second kappa shape index (κ2) is 5.43. The summed E-state index contributed by atoms with van der Waals surface area (Å²) in [5, 5.41) is 0. The molecule has 0 aliphatic carbocycles. The van der Waals surface area contributed by atoms with E-state index in [1.54, 1.807) is 12.1 Å². The zero-order valence-electron chi connectivity index (χ0n) is 10.4. The zero-order valence-corrected chi connectivity index (χ0v) is 11.9. The van der Waals surface area contributed by atoms with Crippen LogP contribution in [-0.4, -0.2) is 22.8 Å². The van der Waals surface area contributed by atoms with Crippen LogP contribution in [0.3, 0.4) is 0 Å². The van der Waals surface area contributed by atoms with Crippen LogP contribution in [0.25, 0.3) is 11.3 Å². The van der Waals surface area contributed by atoms with Crippen LogP contribution in [-0.2, 0) is 4.74 Å². The highest BCUT2D eigenvalue weighted by molar-refractivity contribution is 9.10. The van der Waals surface area contributed by atoms with Gasteiger partial charge in [0, 0.05) is 24.8 Å². The van der Waals surface area contributed by atoms with Gasteiger partial charge in [0.25, 0.3) is 0 Å². The Labute approximate surface area is 119 Å². The molecule has 1 aromatic carbocycles. The SMILES string of the molecule is Fc1ccc(-c2ncn(C3CCOCC3)c2Br)cc1. The van der Waals surface area contributed by atoms with Gasteiger partial charge in [-0.3, -0.25) is 0 Å². The maximum Gasteiger partial charge on any atom is 0.123 e. The molecule has 1 fully saturated rings. The second-order valence-electron chi connectivity index (χ2n) is 4.64. The van der Waals surface area contributed by atoms with Gasteiger partial charge < -0.3 is 9.30 Å². The molecule has 19 heavy (non-hydrogen) atoms. The second-order valence-corrected chi connectivity index (χ2v) is 5.39. The number of imidazole rings is 1. The standard InChI is InChI=1S/C14H14BrFN2O/c15-14-13(10-1-3-11(16)4-2-10)17-9-18(14)12-5-7-19-8-6-12/h1-4,9,12H,5-8H2. The Balaban J connectivity index is 1.91. The van der Waals surface area contributed by atoms with Crippen LogP contribution in [0.15, 0.2) is 35.2 Å². The van der Waals surface area contributed by atoms with Crippen LogP contribution in [0, 0.1) is 5.82 Å². The van der Waals surface area contributed by atoms with E-state index in [0.717, 1.165) is 41.9 Å². The van der Waals surface area contributed by atoms with Crippen LogP contribution in [0.2, 0.25) is 0 Å². The molecular formula is C14H14BrFN2O. The summed E-state index contributed by atoms with van der Waals surface area (Å²) in [6.07, 6.45) is 3.84. The Morgan fingerprint density at radius 1 is 1.21 bits per heavy atom. The molecule has 2 heterocycles. The molecule has 1 aromatic heterocycles. The van der Waals surface area contributed by atoms with Crippen molar-refractivity contribution in [1.29, 1.82) is 0 Å². The van der Waals surface area contributed by atoms with Crippen molar-refractivity contribution in [2.24, 2.45) is 0 Å². The largest absolute Gasteiger partial charge is 0.381 e. The van der Waals surface area contributed by atoms with E-state index in [-0.39, 0.29) is 5.82 Å². The Hall–Kier alpha value is -1.20. The lowest BCUT2D eigenvalue weighted by Crippen LogP contribution is -2.19. The quantitative estimate of drug-likeness (QED) is 0.840. The highest BCUT2D eigenvalue weighted by atomic mass is 79.9. The number of hydrogen-bond donors (Lipinski definition) is 0. The third-order valence-electron chi connectivity index (χ3n) is 3.44. The molecule has 2 aromatic rings. The van der Waals surface area contributed by atoms with Crippen molar-refractivity contribution in [2.45, 2.75) is 18.9 Å². The highest BCUT2D eigenvalue weighted by Crippen LogP contribution is 2.32. The summed E-state index contributed by atoms with van der Waals surface area (Å²) in [6.45, 7) is 1.59. The Morgan fingerprint density at radius 2 is 1.89 bits per heavy atom. The van der Waals surface area contributed by atoms with E-state index in [1.807, 2.05) is 6.33 Å². The summed E-state index contributed by atoms with van der Waals surface area (Å²) < 4.78 is 21.4. The zero-order chi connectivity index (χ0) is 13.2. The summed E-state index contributed by atoms with van der Waals surface area (Å²) in [6, 6.07) is 6.82. The minimum atomic E-state index is -0.233. The molecule has 0 N–H and O–H groups in total. The average molecular weight is 325 g/mol. The molecule has 3 rings (SSSR count). The first-order valence-corrected chi connectivity index (χ1v) is 7.11. The molecule has 0 atom stereocenters. The molecule has 1 aliphatic heterocycles. The van der Waals surface area contributed by atoms with Crippen molar-refractivity contribution in [3.63, 3.8) is 0 Å². The maximum absolute atomic E-state index is 12.9. The molecular weight excluding hydrogens is 311 g/mol. The Morgan fingerprint density at radius 3 is 2.58 bits per heavy atom. The first kappa shape index (κ1) is 12.8. The number of nitrogens with zero attached hydrogens (tertiary/aromatic N) is 2. The number of benzene rings is 1. The van der Waals surface area contributed by atoms with Gasteiger partial charge in [-0.05, 0) is 53.0 Å². The van der Waals surface area contributed by atoms with Gasteiger partial charge in [-0.1, -0.05) is 0 Å². The monoisotopic (exact) mass is 324 g/mol. The molecule has 0 amide bonds. The number of hydrogen-bond acceptors (Lipinski definition) is 2. The molecule has 1 saturated heterocycles. The van der Waals surface area contributed by atoms with Gasteiger partial charge in [0.15, 0.2) is 0 Å². The van der Waals surface area contributed by atoms with Gasteiger partial charge >= 0.3 is 0 Å². The fourth-order valence-corrected chi connectivity index (χ4v) is 3.08. The summed E-state index contributed by atoms with van der Waals surface area (Å²) in [5.74, 6) is -0.233. The van der Waals surface area contributed by atoms with Crippen molar-refractivity contribution in [1.82, 2.24) is 9.55 Å². The number of ether oxygens (including phenoxy) is 1. The van der Waals surface area contributed by atoms with Crippen LogP contribution >= 0.6 is 15.9 Å². The lowest BCUT2D eigenvalue weighted by atomic mass is 10.1. The Bertz CT molecular complexity index is 561. The first-order valence-electron chi connectivity index (χ1n) is 6.31. The van der Waals surface area contributed by atoms with Crippen molar-refractivity contribution in [3.05, 3.63) is 41.0 Å². The summed E-state index contributed by atoms with van der Waals surface area (Å²) in [4.78, 5) is 4.44. The molecule has 0 radical (unpaired) electrons. The van der Waals surface area contributed by atoms with Gasteiger partial charge in [0.05, 0.1) is 6.33 Å². The van der Waals surface area contributed by atoms with Gasteiger partial charge in [-0.2, -0.15) is 0 Å². The van der Waals surface area contributed by atoms with Crippen molar-refractivity contribution < 1.29 is 9.13 Å². The van der Waals surface area contributed by atoms with E-state index < -0.39 is 0 Å². The lowest BCUT2D eigenvalue weighted by molar-refractivity contribution is 0.0690. The van der Waals surface area contributed by atoms with E-state index in [1.165, 1.54) is 12.1 Å². The van der Waals surface area contributed by atoms with E-state index in [0.29, 0.717) is 6.04 Å². The van der Waals surface area contributed by atoms with Crippen LogP contribution in [0.1, 0.15) is 18.9 Å². The molecule has 1 aliphatic rings. The Kier molecular flexibility index (Phi) is 3.66. The third kappa shape index (κ3) is 2.58. The van der Waals surface area contributed by atoms with E-state index in [9.17, 15) is 4.39 Å². The molecule has 100 valence electrons. The molecule has 5 heteroatoms. The van der Waals surface area contributed by atoms with Gasteiger partial charge in [0.2, 0.25) is 0 Å². The number of halogens is 2. The summed E-state index contributed by atoms with van der Waals surface area (Å²) in [5.41, 5.74) is 1.77. The van der Waals surface area contributed by atoms with Crippen molar-refractivity contribution in [2.75, 3.05) is 13.2 Å². The molecule has 0 saturated carbocycles. The smallest absolute Gasteiger partial charge is 0.123 e. The third-order valence-corrected chi connectivity index (χ3v) is 4.22. The normalized spacial score (nSPS) is 16.7. The van der Waals surface area contributed by atoms with Crippen LogP contribution < -0.4 is 0 Å². The number of aromatic nitrogens is 2. The predicted octanol–water partition coefficient (Wildman–Crippen LogP) is 3.80. The van der Waals surface area contributed by atoms with Crippen LogP contribution in [0.4, 0.5) is 4.39 Å². The van der Waals surface area contributed by atoms with Gasteiger partial charge in [0.1, 0.15) is 16.1 Å². The van der Waals surface area contributed by atoms with Gasteiger partial charge in [-0.25, -0.2) is 9.37 Å². The van der Waals surface area contributed by atoms with E-state index in [2.05, 4.69) is 25.5 Å². The fourth-order valence-electron chi connectivity index (χ4n) is 2.37. The molecule has 3 nitrogen and oxygen atoms in total. The predicted molar refractivity (Wildman–Crippen MR) is 74.4 cm³/mol. The molecule has 0 spiro atoms. The highest BCUT2D eigenvalue weighted by Gasteiger charge is 2.20. The van der Waals surface area contributed by atoms with E-state index in [4.69, 9.17) is 4.74 Å². The van der Waals surface area contributed by atoms with Crippen LogP contribution in [0.5, 0.6) is 0 Å². The minimum absolute atomic E-state index is 0.233. The van der Waals surface area contributed by atoms with E-state index >= 15 is 0 Å². The maximum atomic E-state index is 12.9. The summed E-state index contributed by atoms with van der Waals surface area (Å²) >= 11 is 3.61. The van der Waals surface area contributed by atoms with Crippen molar-refractivity contribution >= 4 is 15.9 Å². The van der Waals surface area contributed by atoms with Gasteiger partial charge in [-0.15, -0.1) is 0 Å². The van der Waals surface area contributed by atoms with Crippen molar-refractivity contribution in [3.8, 4) is 11.3 Å². The minimum Gasteiger partial charge on any atom is -0.381 e. The fraction of sp³-hybridized carbons (Fsp3) is 0.357. The topological polar surface area (TPSA) is 27.1 Å². The number of rotatable bonds is 2. The first-order chi connectivity index (χ1) is 9.25. The molecule has 0 unspecified atom stereocenters. The summed E-state index contributed by atoms with van der Waals surface area (Å²) in [7, 11) is 0. The lowest BCUT2D eigenvalue weighted by Gasteiger charge is -2.24.